The Balaban J connectivity index is 2.19. The van der Waals surface area contributed by atoms with E-state index in [2.05, 4.69) is 55.1 Å². The molecule has 3 heteroatoms. The molecule has 2 aromatic carbocycles. The van der Waals surface area contributed by atoms with Crippen LogP contribution in [0.5, 0.6) is 5.75 Å². The van der Waals surface area contributed by atoms with Crippen molar-refractivity contribution in [2.24, 2.45) is 5.73 Å². The molecule has 0 heterocycles. The fourth-order valence-corrected chi connectivity index (χ4v) is 2.65. The summed E-state index contributed by atoms with van der Waals surface area (Å²) in [6, 6.07) is 18.9. The van der Waals surface area contributed by atoms with Crippen LogP contribution in [0.4, 0.5) is 5.69 Å². The second kappa shape index (κ2) is 8.44. The first-order chi connectivity index (χ1) is 10.8. The summed E-state index contributed by atoms with van der Waals surface area (Å²) in [6.07, 6.45) is 1.02. The standard InChI is InChI=1S/C19H26N2O/c1-3-14-22-18-12-10-16(11-13-18)19(15-20)21(4-2)17-8-6-5-7-9-17/h5-13,19H,3-4,14-15,20H2,1-2H3. The first-order valence-corrected chi connectivity index (χ1v) is 8.04. The molecule has 0 fully saturated rings. The molecule has 0 bridgehead atoms. The lowest BCUT2D eigenvalue weighted by Crippen LogP contribution is -2.33. The summed E-state index contributed by atoms with van der Waals surface area (Å²) in [5.74, 6) is 0.920. The lowest BCUT2D eigenvalue weighted by atomic mass is 10.0. The Hall–Kier alpha value is -2.00. The molecule has 0 aliphatic rings. The minimum absolute atomic E-state index is 0.174. The van der Waals surface area contributed by atoms with E-state index >= 15 is 0 Å². The van der Waals surface area contributed by atoms with E-state index in [1.807, 2.05) is 18.2 Å². The number of likely N-dealkylation sites (N-methyl/N-ethyl adjacent to an activating group) is 1. The molecule has 1 unspecified atom stereocenters. The monoisotopic (exact) mass is 298 g/mol. The van der Waals surface area contributed by atoms with Crippen molar-refractivity contribution in [2.45, 2.75) is 26.3 Å². The van der Waals surface area contributed by atoms with Gasteiger partial charge in [-0.3, -0.25) is 0 Å². The number of hydrogen-bond acceptors (Lipinski definition) is 3. The molecule has 0 aromatic heterocycles. The van der Waals surface area contributed by atoms with Gasteiger partial charge in [0.15, 0.2) is 0 Å². The lowest BCUT2D eigenvalue weighted by Gasteiger charge is -2.32. The molecule has 2 rings (SSSR count). The average molecular weight is 298 g/mol. The van der Waals surface area contributed by atoms with Gasteiger partial charge in [0.25, 0.3) is 0 Å². The molecule has 1 atom stereocenters. The fraction of sp³-hybridized carbons (Fsp3) is 0.368. The van der Waals surface area contributed by atoms with E-state index < -0.39 is 0 Å². The molecule has 2 aromatic rings. The van der Waals surface area contributed by atoms with Gasteiger partial charge in [0.05, 0.1) is 12.6 Å². The molecule has 118 valence electrons. The fourth-order valence-electron chi connectivity index (χ4n) is 2.65. The van der Waals surface area contributed by atoms with Gasteiger partial charge in [0.2, 0.25) is 0 Å². The molecule has 0 saturated heterocycles. The highest BCUT2D eigenvalue weighted by atomic mass is 16.5. The minimum atomic E-state index is 0.174. The number of nitrogens with two attached hydrogens (primary N) is 1. The lowest BCUT2D eigenvalue weighted by molar-refractivity contribution is 0.317. The van der Waals surface area contributed by atoms with Crippen molar-refractivity contribution in [2.75, 3.05) is 24.6 Å². The topological polar surface area (TPSA) is 38.5 Å². The van der Waals surface area contributed by atoms with Gasteiger partial charge in [-0.1, -0.05) is 37.3 Å². The minimum Gasteiger partial charge on any atom is -0.494 e. The zero-order valence-electron chi connectivity index (χ0n) is 13.5. The van der Waals surface area contributed by atoms with Crippen LogP contribution in [0.25, 0.3) is 0 Å². The molecule has 0 radical (unpaired) electrons. The van der Waals surface area contributed by atoms with Crippen LogP contribution in [-0.4, -0.2) is 19.7 Å². The third-order valence-corrected chi connectivity index (χ3v) is 3.77. The van der Waals surface area contributed by atoms with E-state index in [0.29, 0.717) is 6.54 Å². The van der Waals surface area contributed by atoms with Crippen molar-refractivity contribution in [1.82, 2.24) is 0 Å². The zero-order valence-corrected chi connectivity index (χ0v) is 13.5. The van der Waals surface area contributed by atoms with Gasteiger partial charge < -0.3 is 15.4 Å². The van der Waals surface area contributed by atoms with Crippen LogP contribution in [0, 0.1) is 0 Å². The summed E-state index contributed by atoms with van der Waals surface area (Å²) >= 11 is 0. The molecule has 0 aliphatic heterocycles. The molecular formula is C19H26N2O. The molecule has 0 amide bonds. The average Bonchev–Trinajstić information content (AvgIpc) is 2.59. The highest BCUT2D eigenvalue weighted by Crippen LogP contribution is 2.27. The van der Waals surface area contributed by atoms with Crippen LogP contribution in [0.3, 0.4) is 0 Å². The molecule has 22 heavy (non-hydrogen) atoms. The number of ether oxygens (including phenoxy) is 1. The van der Waals surface area contributed by atoms with Crippen LogP contribution in [0.15, 0.2) is 54.6 Å². The molecule has 0 saturated carbocycles. The quantitative estimate of drug-likeness (QED) is 0.800. The Kier molecular flexibility index (Phi) is 6.28. The van der Waals surface area contributed by atoms with Crippen molar-refractivity contribution in [3.05, 3.63) is 60.2 Å². The Bertz CT molecular complexity index is 539. The molecular weight excluding hydrogens is 272 g/mol. The Morgan fingerprint density at radius 3 is 2.23 bits per heavy atom. The number of para-hydroxylation sites is 1. The molecule has 2 N–H and O–H groups in total. The first-order valence-electron chi connectivity index (χ1n) is 8.04. The van der Waals surface area contributed by atoms with E-state index in [4.69, 9.17) is 10.5 Å². The maximum atomic E-state index is 6.06. The summed E-state index contributed by atoms with van der Waals surface area (Å²) in [7, 11) is 0. The molecule has 0 spiro atoms. The Morgan fingerprint density at radius 1 is 1.00 bits per heavy atom. The maximum absolute atomic E-state index is 6.06. The van der Waals surface area contributed by atoms with E-state index in [-0.39, 0.29) is 6.04 Å². The molecule has 0 aliphatic carbocycles. The number of hydrogen-bond donors (Lipinski definition) is 1. The number of benzene rings is 2. The van der Waals surface area contributed by atoms with Crippen LogP contribution in [0.1, 0.15) is 31.9 Å². The van der Waals surface area contributed by atoms with Crippen LogP contribution < -0.4 is 15.4 Å². The third-order valence-electron chi connectivity index (χ3n) is 3.77. The van der Waals surface area contributed by atoms with Gasteiger partial charge in [0.1, 0.15) is 5.75 Å². The van der Waals surface area contributed by atoms with Gasteiger partial charge in [-0.15, -0.1) is 0 Å². The van der Waals surface area contributed by atoms with E-state index in [0.717, 1.165) is 25.3 Å². The summed E-state index contributed by atoms with van der Waals surface area (Å²) < 4.78 is 5.65. The Morgan fingerprint density at radius 2 is 1.68 bits per heavy atom. The van der Waals surface area contributed by atoms with E-state index in [9.17, 15) is 0 Å². The van der Waals surface area contributed by atoms with Crippen molar-refractivity contribution >= 4 is 5.69 Å². The van der Waals surface area contributed by atoms with Crippen LogP contribution >= 0.6 is 0 Å². The highest BCUT2D eigenvalue weighted by Gasteiger charge is 2.18. The van der Waals surface area contributed by atoms with Crippen molar-refractivity contribution in [3.8, 4) is 5.75 Å². The van der Waals surface area contributed by atoms with Gasteiger partial charge in [-0.05, 0) is 43.2 Å². The number of nitrogens with zero attached hydrogens (tertiary/aromatic N) is 1. The maximum Gasteiger partial charge on any atom is 0.119 e. The van der Waals surface area contributed by atoms with Gasteiger partial charge in [0, 0.05) is 18.8 Å². The van der Waals surface area contributed by atoms with Crippen molar-refractivity contribution in [3.63, 3.8) is 0 Å². The zero-order chi connectivity index (χ0) is 15.8. The number of rotatable bonds is 8. The second-order valence-electron chi connectivity index (χ2n) is 5.29. The highest BCUT2D eigenvalue weighted by molar-refractivity contribution is 5.49. The van der Waals surface area contributed by atoms with Gasteiger partial charge in [-0.2, -0.15) is 0 Å². The predicted molar refractivity (Wildman–Crippen MR) is 93.5 cm³/mol. The third kappa shape index (κ3) is 4.01. The SMILES string of the molecule is CCCOc1ccc(C(CN)N(CC)c2ccccc2)cc1. The summed E-state index contributed by atoms with van der Waals surface area (Å²) in [4.78, 5) is 2.34. The smallest absolute Gasteiger partial charge is 0.119 e. The molecule has 3 nitrogen and oxygen atoms in total. The Labute approximate surface area is 133 Å². The number of anilines is 1. The summed E-state index contributed by atoms with van der Waals surface area (Å²) in [6.45, 7) is 6.52. The largest absolute Gasteiger partial charge is 0.494 e. The predicted octanol–water partition coefficient (Wildman–Crippen LogP) is 4.00. The van der Waals surface area contributed by atoms with Gasteiger partial charge >= 0.3 is 0 Å². The van der Waals surface area contributed by atoms with Crippen molar-refractivity contribution in [1.29, 1.82) is 0 Å². The van der Waals surface area contributed by atoms with Gasteiger partial charge in [-0.25, -0.2) is 0 Å². The van der Waals surface area contributed by atoms with Crippen LogP contribution in [0.2, 0.25) is 0 Å². The second-order valence-corrected chi connectivity index (χ2v) is 5.29. The van der Waals surface area contributed by atoms with E-state index in [1.165, 1.54) is 11.3 Å². The first kappa shape index (κ1) is 16.4. The van der Waals surface area contributed by atoms with Crippen LogP contribution in [-0.2, 0) is 0 Å². The normalized spacial score (nSPS) is 12.0. The van der Waals surface area contributed by atoms with E-state index in [1.54, 1.807) is 0 Å². The summed E-state index contributed by atoms with van der Waals surface area (Å²) in [5, 5.41) is 0. The van der Waals surface area contributed by atoms with Crippen molar-refractivity contribution < 1.29 is 4.74 Å². The summed E-state index contributed by atoms with van der Waals surface area (Å²) in [5.41, 5.74) is 8.48.